The number of aryl methyl sites for hydroxylation is 2. The molecule has 8 heteroatoms. The molecule has 0 saturated carbocycles. The van der Waals surface area contributed by atoms with E-state index in [9.17, 15) is 14.4 Å². The van der Waals surface area contributed by atoms with Crippen LogP contribution in [0.15, 0.2) is 53.7 Å². The summed E-state index contributed by atoms with van der Waals surface area (Å²) in [6.07, 6.45) is 0. The molecule has 1 unspecified atom stereocenters. The number of hydrogen-bond donors (Lipinski definition) is 2. The molecule has 2 N–H and O–H groups in total. The molecule has 4 rings (SSSR count). The van der Waals surface area contributed by atoms with Crippen LogP contribution in [0.3, 0.4) is 0 Å². The molecule has 2 heterocycles. The van der Waals surface area contributed by atoms with Gasteiger partial charge in [0.2, 0.25) is 5.91 Å². The Labute approximate surface area is 178 Å². The first kappa shape index (κ1) is 20.0. The van der Waals surface area contributed by atoms with E-state index in [0.29, 0.717) is 22.0 Å². The molecule has 2 aromatic rings. The largest absolute Gasteiger partial charge is 0.456 e. The minimum atomic E-state index is -0.613. The van der Waals surface area contributed by atoms with Gasteiger partial charge in [-0.25, -0.2) is 9.59 Å². The third kappa shape index (κ3) is 3.76. The van der Waals surface area contributed by atoms with Crippen molar-refractivity contribution >= 4 is 35.2 Å². The van der Waals surface area contributed by atoms with Crippen LogP contribution >= 0.6 is 11.6 Å². The first-order chi connectivity index (χ1) is 14.3. The van der Waals surface area contributed by atoms with Crippen LogP contribution < -0.4 is 10.6 Å². The highest BCUT2D eigenvalue weighted by atomic mass is 35.5. The molecule has 30 heavy (non-hydrogen) atoms. The number of rotatable bonds is 4. The van der Waals surface area contributed by atoms with Gasteiger partial charge in [-0.05, 0) is 37.1 Å². The third-order valence-corrected chi connectivity index (χ3v) is 5.42. The van der Waals surface area contributed by atoms with Crippen molar-refractivity contribution in [2.75, 3.05) is 18.5 Å². The standard InChI is InChI=1S/C22H20ClN3O4/c1-12-3-6-14(7-4-12)20-19-17(11-30-21(19)28)26(22(29)25-20)10-18(27)24-16-9-15(23)8-5-13(16)2/h3-9,20H,10-11H2,1-2H3,(H,24,27)(H,25,29). The van der Waals surface area contributed by atoms with Crippen LogP contribution in [0.5, 0.6) is 0 Å². The Morgan fingerprint density at radius 2 is 1.93 bits per heavy atom. The number of esters is 1. The van der Waals surface area contributed by atoms with Gasteiger partial charge in [-0.2, -0.15) is 0 Å². The van der Waals surface area contributed by atoms with Crippen LogP contribution in [0, 0.1) is 13.8 Å². The fourth-order valence-corrected chi connectivity index (χ4v) is 3.72. The summed E-state index contributed by atoms with van der Waals surface area (Å²) in [5.74, 6) is -0.901. The number of halogens is 1. The average molecular weight is 426 g/mol. The molecule has 1 atom stereocenters. The van der Waals surface area contributed by atoms with E-state index in [4.69, 9.17) is 16.3 Å². The molecule has 3 amide bonds. The van der Waals surface area contributed by atoms with Gasteiger partial charge in [0.15, 0.2) is 0 Å². The van der Waals surface area contributed by atoms with Crippen LogP contribution in [0.25, 0.3) is 0 Å². The molecule has 0 fully saturated rings. The normalized spacial score (nSPS) is 18.1. The molecule has 2 aliphatic heterocycles. The third-order valence-electron chi connectivity index (χ3n) is 5.18. The second-order valence-corrected chi connectivity index (χ2v) is 7.76. The van der Waals surface area contributed by atoms with Gasteiger partial charge < -0.3 is 15.4 Å². The maximum atomic E-state index is 12.8. The van der Waals surface area contributed by atoms with Gasteiger partial charge in [0.05, 0.1) is 17.3 Å². The molecule has 0 saturated heterocycles. The van der Waals surface area contributed by atoms with Gasteiger partial charge >= 0.3 is 12.0 Å². The van der Waals surface area contributed by atoms with Crippen molar-refractivity contribution < 1.29 is 19.1 Å². The second kappa shape index (κ2) is 7.84. The highest BCUT2D eigenvalue weighted by molar-refractivity contribution is 6.31. The lowest BCUT2D eigenvalue weighted by Crippen LogP contribution is -2.49. The molecule has 2 aliphatic rings. The van der Waals surface area contributed by atoms with E-state index in [1.165, 1.54) is 4.90 Å². The van der Waals surface area contributed by atoms with Crippen molar-refractivity contribution in [1.29, 1.82) is 0 Å². The summed E-state index contributed by atoms with van der Waals surface area (Å²) in [5, 5.41) is 6.08. The Morgan fingerprint density at radius 1 is 1.20 bits per heavy atom. The molecule has 2 aromatic carbocycles. The van der Waals surface area contributed by atoms with E-state index in [1.54, 1.807) is 18.2 Å². The first-order valence-corrected chi connectivity index (χ1v) is 9.82. The maximum absolute atomic E-state index is 12.8. The number of anilines is 1. The van der Waals surface area contributed by atoms with Crippen molar-refractivity contribution in [3.63, 3.8) is 0 Å². The molecule has 154 valence electrons. The maximum Gasteiger partial charge on any atom is 0.338 e. The molecule has 0 spiro atoms. The monoisotopic (exact) mass is 425 g/mol. The summed E-state index contributed by atoms with van der Waals surface area (Å²) < 4.78 is 5.19. The fraction of sp³-hybridized carbons (Fsp3) is 0.227. The number of carbonyl (C=O) groups is 3. The van der Waals surface area contributed by atoms with Gasteiger partial charge in [0, 0.05) is 10.7 Å². The SMILES string of the molecule is Cc1ccc(C2NC(=O)N(CC(=O)Nc3cc(Cl)ccc3C)C3=C2C(=O)OC3)cc1. The zero-order valence-electron chi connectivity index (χ0n) is 16.5. The Kier molecular flexibility index (Phi) is 5.22. The summed E-state index contributed by atoms with van der Waals surface area (Å²) in [7, 11) is 0. The van der Waals surface area contributed by atoms with E-state index in [2.05, 4.69) is 10.6 Å². The molecule has 0 aromatic heterocycles. The lowest BCUT2D eigenvalue weighted by atomic mass is 9.95. The predicted octanol–water partition coefficient (Wildman–Crippen LogP) is 3.47. The van der Waals surface area contributed by atoms with Gasteiger partial charge in [-0.3, -0.25) is 9.69 Å². The molecule has 0 bridgehead atoms. The van der Waals surface area contributed by atoms with E-state index < -0.39 is 23.9 Å². The summed E-state index contributed by atoms with van der Waals surface area (Å²) in [6.45, 7) is 3.50. The van der Waals surface area contributed by atoms with E-state index in [1.807, 2.05) is 38.1 Å². The van der Waals surface area contributed by atoms with Gasteiger partial charge in [0.1, 0.15) is 13.2 Å². The average Bonchev–Trinajstić information content (AvgIpc) is 3.09. The van der Waals surface area contributed by atoms with Crippen LogP contribution in [0.1, 0.15) is 22.7 Å². The quantitative estimate of drug-likeness (QED) is 0.734. The topological polar surface area (TPSA) is 87.7 Å². The smallest absolute Gasteiger partial charge is 0.338 e. The van der Waals surface area contributed by atoms with Crippen molar-refractivity contribution in [2.24, 2.45) is 0 Å². The Bertz CT molecular complexity index is 1080. The number of nitrogens with zero attached hydrogens (tertiary/aromatic N) is 1. The van der Waals surface area contributed by atoms with Crippen molar-refractivity contribution in [1.82, 2.24) is 10.2 Å². The minimum Gasteiger partial charge on any atom is -0.456 e. The van der Waals surface area contributed by atoms with E-state index in [0.717, 1.165) is 16.7 Å². The lowest BCUT2D eigenvalue weighted by molar-refractivity contribution is -0.136. The van der Waals surface area contributed by atoms with E-state index in [-0.39, 0.29) is 13.2 Å². The van der Waals surface area contributed by atoms with Crippen molar-refractivity contribution in [3.05, 3.63) is 75.4 Å². The molecule has 0 radical (unpaired) electrons. The van der Waals surface area contributed by atoms with Crippen molar-refractivity contribution in [3.8, 4) is 0 Å². The van der Waals surface area contributed by atoms with Crippen LogP contribution in [0.2, 0.25) is 5.02 Å². The molecular weight excluding hydrogens is 406 g/mol. The number of benzene rings is 2. The number of ether oxygens (including phenoxy) is 1. The number of nitrogens with one attached hydrogen (secondary N) is 2. The number of urea groups is 1. The zero-order chi connectivity index (χ0) is 21.4. The highest BCUT2D eigenvalue weighted by Gasteiger charge is 2.42. The number of hydrogen-bond acceptors (Lipinski definition) is 4. The van der Waals surface area contributed by atoms with E-state index >= 15 is 0 Å². The first-order valence-electron chi connectivity index (χ1n) is 9.44. The Hall–Kier alpha value is -3.32. The number of carbonyl (C=O) groups excluding carboxylic acids is 3. The summed E-state index contributed by atoms with van der Waals surface area (Å²) in [4.78, 5) is 39.1. The zero-order valence-corrected chi connectivity index (χ0v) is 17.2. The fourth-order valence-electron chi connectivity index (χ4n) is 3.55. The number of amides is 3. The lowest BCUT2D eigenvalue weighted by Gasteiger charge is -2.32. The van der Waals surface area contributed by atoms with Gasteiger partial charge in [-0.1, -0.05) is 47.5 Å². The van der Waals surface area contributed by atoms with Crippen LogP contribution in [-0.4, -0.2) is 36.0 Å². The Balaban J connectivity index is 1.59. The number of cyclic esters (lactones) is 1. The Morgan fingerprint density at radius 3 is 2.67 bits per heavy atom. The summed E-state index contributed by atoms with van der Waals surface area (Å²) in [5.41, 5.74) is 4.01. The van der Waals surface area contributed by atoms with Crippen LogP contribution in [-0.2, 0) is 14.3 Å². The van der Waals surface area contributed by atoms with Gasteiger partial charge in [0.25, 0.3) is 0 Å². The van der Waals surface area contributed by atoms with Crippen molar-refractivity contribution in [2.45, 2.75) is 19.9 Å². The summed E-state index contributed by atoms with van der Waals surface area (Å²) in [6, 6.07) is 11.6. The van der Waals surface area contributed by atoms with Crippen LogP contribution in [0.4, 0.5) is 10.5 Å². The van der Waals surface area contributed by atoms with Gasteiger partial charge in [-0.15, -0.1) is 0 Å². The minimum absolute atomic E-state index is 0.0482. The highest BCUT2D eigenvalue weighted by Crippen LogP contribution is 2.35. The molecular formula is C22H20ClN3O4. The predicted molar refractivity (Wildman–Crippen MR) is 112 cm³/mol. The molecule has 7 nitrogen and oxygen atoms in total. The second-order valence-electron chi connectivity index (χ2n) is 7.32. The molecule has 0 aliphatic carbocycles. The summed E-state index contributed by atoms with van der Waals surface area (Å²) >= 11 is 6.00.